The Morgan fingerprint density at radius 1 is 1.03 bits per heavy atom. The number of piperidine rings is 1. The Balaban J connectivity index is 0.000000401. The predicted molar refractivity (Wildman–Crippen MR) is 115 cm³/mol. The average molecular weight is 433 g/mol. The van der Waals surface area contributed by atoms with Crippen molar-refractivity contribution in [2.45, 2.75) is 51.0 Å². The number of hydrogen-bond donors (Lipinski definition) is 2. The van der Waals surface area contributed by atoms with E-state index in [1.807, 2.05) is 4.90 Å². The Hall–Kier alpha value is -2.45. The highest BCUT2D eigenvalue weighted by atomic mass is 16.5. The maximum absolute atomic E-state index is 12.3. The van der Waals surface area contributed by atoms with Crippen molar-refractivity contribution in [3.63, 3.8) is 0 Å². The molecule has 2 atom stereocenters. The van der Waals surface area contributed by atoms with E-state index >= 15 is 0 Å². The molecule has 1 aromatic carbocycles. The largest absolute Gasteiger partial charge is 0.473 e. The standard InChI is InChI=1S/C21H30N2O2.C2H2O4/c24-21-9-3-4-12-23(21)19-7-2-1-6-17(19)10-13-22-14-11-18(16-22)20-8-5-15-25-20;3-1(4)2(5)6/h1-2,6-7,18,20H,3-5,8-16H2;(H,3,4)(H,5,6). The number of hydrogen-bond acceptors (Lipinski definition) is 5. The van der Waals surface area contributed by atoms with Gasteiger partial charge in [0.1, 0.15) is 0 Å². The summed E-state index contributed by atoms with van der Waals surface area (Å²) in [5.41, 5.74) is 2.46. The number of carboxylic acids is 2. The van der Waals surface area contributed by atoms with Gasteiger partial charge in [-0.15, -0.1) is 0 Å². The van der Waals surface area contributed by atoms with E-state index in [1.165, 1.54) is 37.9 Å². The number of carbonyl (C=O) groups is 3. The fourth-order valence-electron chi connectivity index (χ4n) is 4.67. The predicted octanol–water partition coefficient (Wildman–Crippen LogP) is 2.40. The molecule has 0 aliphatic carbocycles. The molecule has 3 saturated heterocycles. The molecule has 2 N–H and O–H groups in total. The average Bonchev–Trinajstić information content (AvgIpc) is 3.45. The first kappa shape index (κ1) is 23.2. The van der Waals surface area contributed by atoms with Crippen LogP contribution >= 0.6 is 0 Å². The van der Waals surface area contributed by atoms with Crippen molar-refractivity contribution in [3.05, 3.63) is 29.8 Å². The van der Waals surface area contributed by atoms with Gasteiger partial charge in [-0.05, 0) is 62.6 Å². The Morgan fingerprint density at radius 3 is 2.48 bits per heavy atom. The van der Waals surface area contributed by atoms with Crippen molar-refractivity contribution in [3.8, 4) is 0 Å². The summed E-state index contributed by atoms with van der Waals surface area (Å²) in [6.07, 6.45) is 8.14. The van der Waals surface area contributed by atoms with Gasteiger partial charge in [0.05, 0.1) is 6.10 Å². The molecule has 1 aromatic rings. The molecule has 8 heteroatoms. The summed E-state index contributed by atoms with van der Waals surface area (Å²) in [4.78, 5) is 35.1. The molecule has 0 saturated carbocycles. The summed E-state index contributed by atoms with van der Waals surface area (Å²) in [5.74, 6) is -2.63. The second-order valence-corrected chi connectivity index (χ2v) is 8.39. The molecule has 8 nitrogen and oxygen atoms in total. The zero-order valence-corrected chi connectivity index (χ0v) is 17.9. The van der Waals surface area contributed by atoms with Crippen LogP contribution in [-0.2, 0) is 25.5 Å². The highest BCUT2D eigenvalue weighted by Crippen LogP contribution is 2.29. The Bertz CT molecular complexity index is 765. The molecule has 0 radical (unpaired) electrons. The molecule has 31 heavy (non-hydrogen) atoms. The number of rotatable bonds is 5. The number of carbonyl (C=O) groups excluding carboxylic acids is 1. The fraction of sp³-hybridized carbons (Fsp3) is 0.609. The summed E-state index contributed by atoms with van der Waals surface area (Å²) >= 11 is 0. The van der Waals surface area contributed by atoms with E-state index in [0.717, 1.165) is 50.6 Å². The zero-order chi connectivity index (χ0) is 22.2. The number of carboxylic acid groups (broad SMARTS) is 2. The van der Waals surface area contributed by atoms with Crippen molar-refractivity contribution >= 4 is 23.5 Å². The first-order valence-electron chi connectivity index (χ1n) is 11.1. The van der Waals surface area contributed by atoms with E-state index in [2.05, 4.69) is 29.2 Å². The van der Waals surface area contributed by atoms with Crippen LogP contribution in [0.3, 0.4) is 0 Å². The van der Waals surface area contributed by atoms with Gasteiger partial charge < -0.3 is 24.7 Å². The lowest BCUT2D eigenvalue weighted by molar-refractivity contribution is -0.159. The maximum atomic E-state index is 12.3. The van der Waals surface area contributed by atoms with Gasteiger partial charge in [-0.3, -0.25) is 4.79 Å². The van der Waals surface area contributed by atoms with Gasteiger partial charge in [-0.2, -0.15) is 0 Å². The zero-order valence-electron chi connectivity index (χ0n) is 17.9. The second kappa shape index (κ2) is 11.2. The molecule has 2 unspecified atom stereocenters. The lowest BCUT2D eigenvalue weighted by Gasteiger charge is -2.29. The van der Waals surface area contributed by atoms with Crippen molar-refractivity contribution < 1.29 is 29.3 Å². The molecule has 3 fully saturated rings. The highest BCUT2D eigenvalue weighted by Gasteiger charge is 2.32. The Kier molecular flexibility index (Phi) is 8.43. The summed E-state index contributed by atoms with van der Waals surface area (Å²) in [5, 5.41) is 14.8. The summed E-state index contributed by atoms with van der Waals surface area (Å²) in [6, 6.07) is 8.49. The summed E-state index contributed by atoms with van der Waals surface area (Å²) in [6.45, 7) is 5.28. The normalized spacial score (nSPS) is 24.0. The number of anilines is 1. The number of amides is 1. The van der Waals surface area contributed by atoms with E-state index in [1.54, 1.807) is 0 Å². The van der Waals surface area contributed by atoms with Crippen LogP contribution < -0.4 is 4.90 Å². The molecule has 3 aliphatic heterocycles. The molecule has 0 aromatic heterocycles. The fourth-order valence-corrected chi connectivity index (χ4v) is 4.67. The molecular weight excluding hydrogens is 400 g/mol. The van der Waals surface area contributed by atoms with Crippen molar-refractivity contribution in [2.24, 2.45) is 5.92 Å². The van der Waals surface area contributed by atoms with Crippen LogP contribution in [0.4, 0.5) is 5.69 Å². The molecule has 170 valence electrons. The van der Waals surface area contributed by atoms with Gasteiger partial charge in [0, 0.05) is 38.3 Å². The number of aliphatic carboxylic acids is 2. The Labute approximate surface area is 182 Å². The molecule has 1 amide bonds. The van der Waals surface area contributed by atoms with Crippen LogP contribution in [-0.4, -0.2) is 71.8 Å². The molecule has 0 spiro atoms. The first-order valence-corrected chi connectivity index (χ1v) is 11.1. The smallest absolute Gasteiger partial charge is 0.414 e. The molecular formula is C23H32N2O6. The van der Waals surface area contributed by atoms with E-state index < -0.39 is 11.9 Å². The van der Waals surface area contributed by atoms with Crippen LogP contribution in [0.1, 0.15) is 44.1 Å². The van der Waals surface area contributed by atoms with Gasteiger partial charge in [0.25, 0.3) is 0 Å². The van der Waals surface area contributed by atoms with Crippen LogP contribution in [0.2, 0.25) is 0 Å². The third kappa shape index (κ3) is 6.51. The highest BCUT2D eigenvalue weighted by molar-refractivity contribution is 6.27. The monoisotopic (exact) mass is 432 g/mol. The molecule has 4 rings (SSSR count). The lowest BCUT2D eigenvalue weighted by atomic mass is 9.99. The quantitative estimate of drug-likeness (QED) is 0.688. The van der Waals surface area contributed by atoms with Gasteiger partial charge in [-0.25, -0.2) is 9.59 Å². The number of ether oxygens (including phenoxy) is 1. The van der Waals surface area contributed by atoms with Gasteiger partial charge in [0.15, 0.2) is 0 Å². The summed E-state index contributed by atoms with van der Waals surface area (Å²) in [7, 11) is 0. The lowest BCUT2D eigenvalue weighted by Crippen LogP contribution is -2.36. The number of nitrogens with zero attached hydrogens (tertiary/aromatic N) is 2. The minimum Gasteiger partial charge on any atom is -0.473 e. The topological polar surface area (TPSA) is 107 Å². The van der Waals surface area contributed by atoms with Crippen molar-refractivity contribution in [1.82, 2.24) is 4.90 Å². The van der Waals surface area contributed by atoms with Crippen LogP contribution in [0, 0.1) is 5.92 Å². The van der Waals surface area contributed by atoms with Crippen molar-refractivity contribution in [2.75, 3.05) is 37.7 Å². The number of benzene rings is 1. The SMILES string of the molecule is O=C(O)C(=O)O.O=C1CCCCN1c1ccccc1CCN1CCC(C2CCCO2)C1. The number of likely N-dealkylation sites (tertiary alicyclic amines) is 1. The molecule has 3 heterocycles. The maximum Gasteiger partial charge on any atom is 0.414 e. The second-order valence-electron chi connectivity index (χ2n) is 8.39. The van der Waals surface area contributed by atoms with Crippen LogP contribution in [0.25, 0.3) is 0 Å². The van der Waals surface area contributed by atoms with Gasteiger partial charge in [-0.1, -0.05) is 18.2 Å². The van der Waals surface area contributed by atoms with Gasteiger partial charge >= 0.3 is 11.9 Å². The molecule has 0 bridgehead atoms. The summed E-state index contributed by atoms with van der Waals surface area (Å²) < 4.78 is 5.89. The third-order valence-corrected chi connectivity index (χ3v) is 6.29. The minimum absolute atomic E-state index is 0.290. The van der Waals surface area contributed by atoms with Crippen LogP contribution in [0.5, 0.6) is 0 Å². The van der Waals surface area contributed by atoms with E-state index in [4.69, 9.17) is 24.5 Å². The Morgan fingerprint density at radius 2 is 1.81 bits per heavy atom. The van der Waals surface area contributed by atoms with E-state index in [0.29, 0.717) is 18.4 Å². The van der Waals surface area contributed by atoms with E-state index in [9.17, 15) is 4.79 Å². The van der Waals surface area contributed by atoms with E-state index in [-0.39, 0.29) is 0 Å². The van der Waals surface area contributed by atoms with Crippen molar-refractivity contribution in [1.29, 1.82) is 0 Å². The minimum atomic E-state index is -1.82. The van der Waals surface area contributed by atoms with Gasteiger partial charge in [0.2, 0.25) is 5.91 Å². The van der Waals surface area contributed by atoms with Crippen LogP contribution in [0.15, 0.2) is 24.3 Å². The number of para-hydroxylation sites is 1. The first-order chi connectivity index (χ1) is 15.0. The molecule has 3 aliphatic rings. The third-order valence-electron chi connectivity index (χ3n) is 6.29.